The molecule has 0 aliphatic rings. The fourth-order valence-electron chi connectivity index (χ4n) is 1.54. The third-order valence-corrected chi connectivity index (χ3v) is 3.42. The second-order valence-electron chi connectivity index (χ2n) is 3.80. The van der Waals surface area contributed by atoms with E-state index < -0.39 is 4.92 Å². The first kappa shape index (κ1) is 13.0. The molecule has 0 bridgehead atoms. The molecule has 0 atom stereocenters. The molecule has 2 rings (SSSR count). The van der Waals surface area contributed by atoms with E-state index in [1.165, 1.54) is 17.0 Å². The molecule has 7 heteroatoms. The molecule has 0 saturated heterocycles. The van der Waals surface area contributed by atoms with Gasteiger partial charge < -0.3 is 5.32 Å². The highest BCUT2D eigenvalue weighted by Crippen LogP contribution is 2.20. The number of aromatic nitrogens is 1. The van der Waals surface area contributed by atoms with Crippen molar-refractivity contribution in [2.75, 3.05) is 5.32 Å². The van der Waals surface area contributed by atoms with Gasteiger partial charge in [-0.15, -0.1) is 11.3 Å². The van der Waals surface area contributed by atoms with Crippen LogP contribution in [0.15, 0.2) is 24.3 Å². The Labute approximate surface area is 113 Å². The van der Waals surface area contributed by atoms with Crippen LogP contribution in [0, 0.1) is 28.4 Å². The topological polar surface area (TPSA) is 91.9 Å². The minimum Gasteiger partial charge on any atom is -0.365 e. The third kappa shape index (κ3) is 3.05. The van der Waals surface area contributed by atoms with Crippen LogP contribution in [0.5, 0.6) is 0 Å². The molecule has 0 amide bonds. The Morgan fingerprint density at radius 3 is 2.84 bits per heavy atom. The van der Waals surface area contributed by atoms with Crippen LogP contribution in [-0.2, 0) is 6.54 Å². The van der Waals surface area contributed by atoms with Gasteiger partial charge >= 0.3 is 5.69 Å². The van der Waals surface area contributed by atoms with Crippen LogP contribution < -0.4 is 5.32 Å². The molecule has 1 N–H and O–H groups in total. The Morgan fingerprint density at radius 2 is 2.26 bits per heavy atom. The van der Waals surface area contributed by atoms with Crippen molar-refractivity contribution in [2.24, 2.45) is 0 Å². The van der Waals surface area contributed by atoms with E-state index in [2.05, 4.69) is 10.3 Å². The molecule has 2 heterocycles. The first-order chi connectivity index (χ1) is 9.10. The molecule has 0 aromatic carbocycles. The third-order valence-electron chi connectivity index (χ3n) is 2.42. The minimum atomic E-state index is -0.613. The van der Waals surface area contributed by atoms with Crippen molar-refractivity contribution in [1.29, 1.82) is 5.26 Å². The number of nitriles is 1. The van der Waals surface area contributed by atoms with Crippen molar-refractivity contribution in [3.05, 3.63) is 49.8 Å². The molecule has 0 fully saturated rings. The van der Waals surface area contributed by atoms with Gasteiger partial charge in [0.25, 0.3) is 0 Å². The van der Waals surface area contributed by atoms with Gasteiger partial charge in [0.15, 0.2) is 0 Å². The van der Waals surface area contributed by atoms with Gasteiger partial charge in [0.2, 0.25) is 5.69 Å². The molecular formula is C12H10N4O2S. The van der Waals surface area contributed by atoms with E-state index in [0.717, 1.165) is 4.88 Å². The number of aryl methyl sites for hydroxylation is 1. The monoisotopic (exact) mass is 274 g/mol. The Balaban J connectivity index is 2.14. The fourth-order valence-corrected chi connectivity index (χ4v) is 2.37. The van der Waals surface area contributed by atoms with Gasteiger partial charge in [-0.25, -0.2) is 4.98 Å². The zero-order chi connectivity index (χ0) is 13.8. The molecule has 0 aliphatic heterocycles. The van der Waals surface area contributed by atoms with E-state index in [4.69, 9.17) is 5.26 Å². The zero-order valence-corrected chi connectivity index (χ0v) is 10.9. The second-order valence-corrected chi connectivity index (χ2v) is 5.17. The number of nitrogens with zero attached hydrogens (tertiary/aromatic N) is 3. The first-order valence-electron chi connectivity index (χ1n) is 5.45. The number of nitrogens with one attached hydrogen (secondary N) is 1. The molecule has 0 aliphatic carbocycles. The lowest BCUT2D eigenvalue weighted by Crippen LogP contribution is -2.02. The molecule has 6 nitrogen and oxygen atoms in total. The minimum absolute atomic E-state index is 0.183. The van der Waals surface area contributed by atoms with Crippen molar-refractivity contribution in [2.45, 2.75) is 13.5 Å². The summed E-state index contributed by atoms with van der Waals surface area (Å²) < 4.78 is 0. The van der Waals surface area contributed by atoms with Crippen LogP contribution >= 0.6 is 11.3 Å². The van der Waals surface area contributed by atoms with Gasteiger partial charge in [0, 0.05) is 15.8 Å². The van der Waals surface area contributed by atoms with E-state index in [1.807, 2.05) is 19.1 Å². The van der Waals surface area contributed by atoms with Gasteiger partial charge in [-0.1, -0.05) is 0 Å². The zero-order valence-electron chi connectivity index (χ0n) is 10.1. The molecule has 0 saturated carbocycles. The number of rotatable bonds is 4. The summed E-state index contributed by atoms with van der Waals surface area (Å²) in [5.74, 6) is 0.452. The predicted octanol–water partition coefficient (Wildman–Crippen LogP) is 2.84. The van der Waals surface area contributed by atoms with Crippen LogP contribution in [0.2, 0.25) is 0 Å². The highest BCUT2D eigenvalue weighted by atomic mass is 32.1. The lowest BCUT2D eigenvalue weighted by Gasteiger charge is -2.04. The molecule has 0 spiro atoms. The maximum absolute atomic E-state index is 10.7. The van der Waals surface area contributed by atoms with Crippen LogP contribution in [0.1, 0.15) is 15.4 Å². The van der Waals surface area contributed by atoms with Gasteiger partial charge in [-0.05, 0) is 25.1 Å². The molecule has 96 valence electrons. The molecule has 19 heavy (non-hydrogen) atoms. The number of thiophene rings is 1. The molecule has 2 aromatic heterocycles. The van der Waals surface area contributed by atoms with Gasteiger partial charge in [-0.3, -0.25) is 10.1 Å². The number of hydrogen-bond acceptors (Lipinski definition) is 6. The second kappa shape index (κ2) is 5.46. The Morgan fingerprint density at radius 1 is 1.47 bits per heavy atom. The van der Waals surface area contributed by atoms with E-state index in [-0.39, 0.29) is 11.4 Å². The van der Waals surface area contributed by atoms with Gasteiger partial charge in [0.1, 0.15) is 11.9 Å². The molecule has 0 radical (unpaired) electrons. The standard InChI is InChI=1S/C12H10N4O2S/c1-8-2-3-9(19-8)7-14-12-5-4-11(16(17)18)10(6-13)15-12/h2-5H,7H2,1H3,(H,14,15). The van der Waals surface area contributed by atoms with E-state index in [0.29, 0.717) is 12.4 Å². The lowest BCUT2D eigenvalue weighted by molar-refractivity contribution is -0.385. The summed E-state index contributed by atoms with van der Waals surface area (Å²) >= 11 is 1.66. The summed E-state index contributed by atoms with van der Waals surface area (Å²) in [5, 5.41) is 22.5. The highest BCUT2D eigenvalue weighted by molar-refractivity contribution is 7.11. The van der Waals surface area contributed by atoms with Crippen LogP contribution in [0.4, 0.5) is 11.5 Å². The molecule has 2 aromatic rings. The van der Waals surface area contributed by atoms with Crippen molar-refractivity contribution in [3.63, 3.8) is 0 Å². The van der Waals surface area contributed by atoms with Gasteiger partial charge in [0.05, 0.1) is 11.5 Å². The fraction of sp³-hybridized carbons (Fsp3) is 0.167. The summed E-state index contributed by atoms with van der Waals surface area (Å²) in [6.45, 7) is 2.60. The summed E-state index contributed by atoms with van der Waals surface area (Å²) in [7, 11) is 0. The van der Waals surface area contributed by atoms with E-state index in [1.54, 1.807) is 17.4 Å². The normalized spacial score (nSPS) is 9.89. The SMILES string of the molecule is Cc1ccc(CNc2ccc([N+](=O)[O-])c(C#N)n2)s1. The predicted molar refractivity (Wildman–Crippen MR) is 72.0 cm³/mol. The lowest BCUT2D eigenvalue weighted by atomic mass is 10.3. The Bertz CT molecular complexity index is 660. The van der Waals surface area contributed by atoms with Crippen molar-refractivity contribution in [1.82, 2.24) is 4.98 Å². The van der Waals surface area contributed by atoms with Crippen LogP contribution in [0.3, 0.4) is 0 Å². The summed E-state index contributed by atoms with van der Waals surface area (Å²) in [6.07, 6.45) is 0. The average molecular weight is 274 g/mol. The first-order valence-corrected chi connectivity index (χ1v) is 6.26. The molecule has 0 unspecified atom stereocenters. The highest BCUT2D eigenvalue weighted by Gasteiger charge is 2.15. The molecular weight excluding hydrogens is 264 g/mol. The van der Waals surface area contributed by atoms with Crippen molar-refractivity contribution >= 4 is 22.8 Å². The summed E-state index contributed by atoms with van der Waals surface area (Å²) in [5.41, 5.74) is -0.461. The number of nitro groups is 1. The van der Waals surface area contributed by atoms with Crippen LogP contribution in [-0.4, -0.2) is 9.91 Å². The number of anilines is 1. The Hall–Kier alpha value is -2.46. The maximum Gasteiger partial charge on any atom is 0.305 e. The van der Waals surface area contributed by atoms with E-state index in [9.17, 15) is 10.1 Å². The van der Waals surface area contributed by atoms with Crippen molar-refractivity contribution in [3.8, 4) is 6.07 Å². The van der Waals surface area contributed by atoms with E-state index >= 15 is 0 Å². The number of hydrogen-bond donors (Lipinski definition) is 1. The smallest absolute Gasteiger partial charge is 0.305 e. The van der Waals surface area contributed by atoms with Gasteiger partial charge in [-0.2, -0.15) is 5.26 Å². The quantitative estimate of drug-likeness (QED) is 0.683. The average Bonchev–Trinajstić information content (AvgIpc) is 2.81. The van der Waals surface area contributed by atoms with Crippen molar-refractivity contribution < 1.29 is 4.92 Å². The maximum atomic E-state index is 10.7. The largest absolute Gasteiger partial charge is 0.365 e. The number of pyridine rings is 1. The Kier molecular flexibility index (Phi) is 3.73. The summed E-state index contributed by atoms with van der Waals surface area (Å²) in [4.78, 5) is 16.3. The van der Waals surface area contributed by atoms with Crippen LogP contribution in [0.25, 0.3) is 0 Å². The summed E-state index contributed by atoms with van der Waals surface area (Å²) in [6, 6.07) is 8.54.